The Morgan fingerprint density at radius 3 is 1.79 bits per heavy atom. The first-order valence-electron chi connectivity index (χ1n) is 21.4. The number of hydrogen-bond acceptors (Lipinski definition) is 3. The molecule has 4 nitrogen and oxygen atoms in total. The predicted octanol–water partition coefficient (Wildman–Crippen LogP) is 15.8. The number of para-hydroxylation sites is 1. The van der Waals surface area contributed by atoms with Crippen LogP contribution in [0.3, 0.4) is 0 Å². The molecule has 0 radical (unpaired) electrons. The van der Waals surface area contributed by atoms with Gasteiger partial charge in [-0.1, -0.05) is 141 Å². The lowest BCUT2D eigenvalue weighted by molar-refractivity contribution is 0.623. The Balaban J connectivity index is 1.09. The third-order valence-electron chi connectivity index (χ3n) is 13.3. The van der Waals surface area contributed by atoms with E-state index in [0.717, 1.165) is 77.6 Å². The maximum absolute atomic E-state index is 6.69. The molecule has 292 valence electrons. The van der Waals surface area contributed by atoms with E-state index in [1.807, 2.05) is 18.2 Å². The molecule has 0 spiro atoms. The van der Waals surface area contributed by atoms with Gasteiger partial charge in [-0.2, -0.15) is 0 Å². The SMILES string of the molecule is CC1(C)c2ccccc2-c2ccc(N(c3cc(-c4ccccc4)cc(-c4ccccc4)c3)c3ccc4c(c3)c3cc5nc(-c6ccccc6)oc5c5c6ccccc6n4c35)cc21. The van der Waals surface area contributed by atoms with Crippen molar-refractivity contribution in [2.45, 2.75) is 19.3 Å². The van der Waals surface area contributed by atoms with Gasteiger partial charge in [-0.05, 0) is 117 Å². The van der Waals surface area contributed by atoms with Crippen molar-refractivity contribution in [1.82, 2.24) is 9.38 Å². The zero-order valence-electron chi connectivity index (χ0n) is 34.3. The highest BCUT2D eigenvalue weighted by Crippen LogP contribution is 2.52. The molecule has 0 saturated carbocycles. The highest BCUT2D eigenvalue weighted by atomic mass is 16.3. The van der Waals surface area contributed by atoms with Crippen LogP contribution in [0.15, 0.2) is 205 Å². The molecule has 0 N–H and O–H groups in total. The van der Waals surface area contributed by atoms with E-state index in [0.29, 0.717) is 5.89 Å². The minimum atomic E-state index is -0.158. The first-order chi connectivity index (χ1) is 30.5. The summed E-state index contributed by atoms with van der Waals surface area (Å²) in [4.78, 5) is 7.59. The molecule has 0 aliphatic heterocycles. The molecule has 1 aliphatic carbocycles. The minimum Gasteiger partial charge on any atom is -0.435 e. The summed E-state index contributed by atoms with van der Waals surface area (Å²) < 4.78 is 9.11. The molecule has 62 heavy (non-hydrogen) atoms. The van der Waals surface area contributed by atoms with Crippen LogP contribution in [-0.2, 0) is 5.41 Å². The Kier molecular flexibility index (Phi) is 7.32. The molecule has 0 saturated heterocycles. The number of benzene rings is 9. The lowest BCUT2D eigenvalue weighted by Crippen LogP contribution is -2.16. The van der Waals surface area contributed by atoms with Crippen LogP contribution in [0.25, 0.3) is 94.0 Å². The summed E-state index contributed by atoms with van der Waals surface area (Å²) in [5.41, 5.74) is 19.2. The summed E-state index contributed by atoms with van der Waals surface area (Å²) in [5, 5.41) is 4.58. The van der Waals surface area contributed by atoms with Crippen molar-refractivity contribution in [2.75, 3.05) is 4.90 Å². The van der Waals surface area contributed by atoms with Gasteiger partial charge in [0.25, 0.3) is 0 Å². The lowest BCUT2D eigenvalue weighted by atomic mass is 9.82. The van der Waals surface area contributed by atoms with Crippen LogP contribution in [0, 0.1) is 0 Å². The van der Waals surface area contributed by atoms with Crippen LogP contribution in [0.5, 0.6) is 0 Å². The van der Waals surface area contributed by atoms with Gasteiger partial charge in [-0.15, -0.1) is 0 Å². The Morgan fingerprint density at radius 1 is 0.452 bits per heavy atom. The second kappa shape index (κ2) is 13.0. The molecular formula is C58H39N3O. The van der Waals surface area contributed by atoms with Gasteiger partial charge in [0, 0.05) is 44.2 Å². The highest BCUT2D eigenvalue weighted by molar-refractivity contribution is 6.30. The van der Waals surface area contributed by atoms with Crippen LogP contribution in [0.1, 0.15) is 25.0 Å². The molecule has 3 heterocycles. The number of fused-ring (bicyclic) bond motifs is 11. The van der Waals surface area contributed by atoms with Crippen LogP contribution in [0.2, 0.25) is 0 Å². The van der Waals surface area contributed by atoms with Gasteiger partial charge in [0.05, 0.1) is 21.9 Å². The Bertz CT molecular complexity index is 3650. The van der Waals surface area contributed by atoms with Crippen molar-refractivity contribution in [2.24, 2.45) is 0 Å². The Labute approximate surface area is 358 Å². The normalized spacial score (nSPS) is 13.1. The molecule has 0 amide bonds. The van der Waals surface area contributed by atoms with Gasteiger partial charge in [0.1, 0.15) is 5.52 Å². The Hall–Kier alpha value is -7.95. The van der Waals surface area contributed by atoms with Gasteiger partial charge >= 0.3 is 0 Å². The fraction of sp³-hybridized carbons (Fsp3) is 0.0517. The summed E-state index contributed by atoms with van der Waals surface area (Å²) in [6, 6.07) is 72.6. The number of nitrogens with zero attached hydrogens (tertiary/aromatic N) is 3. The zero-order valence-corrected chi connectivity index (χ0v) is 34.3. The average molecular weight is 794 g/mol. The molecule has 12 aromatic rings. The van der Waals surface area contributed by atoms with E-state index >= 15 is 0 Å². The molecule has 1 aliphatic rings. The third kappa shape index (κ3) is 5.04. The van der Waals surface area contributed by atoms with E-state index < -0.39 is 0 Å². The predicted molar refractivity (Wildman–Crippen MR) is 257 cm³/mol. The maximum Gasteiger partial charge on any atom is 0.227 e. The quantitative estimate of drug-likeness (QED) is 0.168. The standard InChI is InChI=1S/C58H39N3O/c1-58(2)49-24-14-12-22-44(49)45-28-26-42(34-50(45)58)60(43-31-39(36-16-6-3-7-17-36)30-40(32-43)37-18-8-4-9-19-37)41-27-29-53-47(33-41)48-35-51-56(62-57(59-51)38-20-10-5-11-21-38)54-46-23-13-15-25-52(46)61(53)55(48)54/h3-35H,1-2H3. The lowest BCUT2D eigenvalue weighted by Gasteiger charge is -2.29. The smallest absolute Gasteiger partial charge is 0.227 e. The largest absolute Gasteiger partial charge is 0.435 e. The highest BCUT2D eigenvalue weighted by Gasteiger charge is 2.36. The summed E-state index contributed by atoms with van der Waals surface area (Å²) in [7, 11) is 0. The Morgan fingerprint density at radius 2 is 1.05 bits per heavy atom. The van der Waals surface area contributed by atoms with E-state index in [-0.39, 0.29) is 5.41 Å². The van der Waals surface area contributed by atoms with Gasteiger partial charge in [0.15, 0.2) is 5.58 Å². The molecule has 0 fully saturated rings. The molecule has 4 heteroatoms. The van der Waals surface area contributed by atoms with Crippen molar-refractivity contribution < 1.29 is 4.42 Å². The van der Waals surface area contributed by atoms with E-state index in [1.54, 1.807) is 0 Å². The van der Waals surface area contributed by atoms with Crippen LogP contribution in [-0.4, -0.2) is 9.38 Å². The van der Waals surface area contributed by atoms with Gasteiger partial charge in [-0.3, -0.25) is 0 Å². The number of rotatable bonds is 6. The van der Waals surface area contributed by atoms with E-state index in [4.69, 9.17) is 9.40 Å². The van der Waals surface area contributed by atoms with Gasteiger partial charge < -0.3 is 13.7 Å². The molecule has 0 bridgehead atoms. The number of hydrogen-bond donors (Lipinski definition) is 0. The molecule has 13 rings (SSSR count). The van der Waals surface area contributed by atoms with Crippen molar-refractivity contribution in [3.05, 3.63) is 211 Å². The summed E-state index contributed by atoms with van der Waals surface area (Å²) in [6.07, 6.45) is 0. The molecule has 3 aromatic heterocycles. The van der Waals surface area contributed by atoms with Gasteiger partial charge in [0.2, 0.25) is 5.89 Å². The van der Waals surface area contributed by atoms with E-state index in [9.17, 15) is 0 Å². The van der Waals surface area contributed by atoms with Crippen molar-refractivity contribution >= 4 is 66.3 Å². The van der Waals surface area contributed by atoms with Crippen molar-refractivity contribution in [3.8, 4) is 44.8 Å². The maximum atomic E-state index is 6.69. The van der Waals surface area contributed by atoms with E-state index in [1.165, 1.54) is 38.8 Å². The van der Waals surface area contributed by atoms with E-state index in [2.05, 4.69) is 205 Å². The monoisotopic (exact) mass is 793 g/mol. The first-order valence-corrected chi connectivity index (χ1v) is 21.4. The number of aromatic nitrogens is 2. The topological polar surface area (TPSA) is 33.7 Å². The second-order valence-electron chi connectivity index (χ2n) is 17.2. The average Bonchev–Trinajstić information content (AvgIpc) is 4.06. The van der Waals surface area contributed by atoms with Gasteiger partial charge in [-0.25, -0.2) is 4.98 Å². The van der Waals surface area contributed by atoms with Crippen molar-refractivity contribution in [3.63, 3.8) is 0 Å². The van der Waals surface area contributed by atoms with Crippen molar-refractivity contribution in [1.29, 1.82) is 0 Å². The summed E-state index contributed by atoms with van der Waals surface area (Å²) >= 11 is 0. The molecule has 0 atom stereocenters. The molecular weight excluding hydrogens is 755 g/mol. The van der Waals surface area contributed by atoms with Crippen LogP contribution >= 0.6 is 0 Å². The fourth-order valence-corrected chi connectivity index (χ4v) is 10.4. The third-order valence-corrected chi connectivity index (χ3v) is 13.3. The van der Waals surface area contributed by atoms with Crippen LogP contribution < -0.4 is 4.90 Å². The molecule has 0 unspecified atom stereocenters. The first kappa shape index (κ1) is 34.9. The van der Waals surface area contributed by atoms with Crippen LogP contribution in [0.4, 0.5) is 17.1 Å². The zero-order chi connectivity index (χ0) is 41.1. The minimum absolute atomic E-state index is 0.158. The number of oxazole rings is 1. The summed E-state index contributed by atoms with van der Waals surface area (Å²) in [5.74, 6) is 0.630. The number of anilines is 3. The second-order valence-corrected chi connectivity index (χ2v) is 17.2. The molecule has 9 aromatic carbocycles. The fourth-order valence-electron chi connectivity index (χ4n) is 10.4. The summed E-state index contributed by atoms with van der Waals surface area (Å²) in [6.45, 7) is 4.72.